The third-order valence-corrected chi connectivity index (χ3v) is 5.21. The predicted molar refractivity (Wildman–Crippen MR) is 82.5 cm³/mol. The lowest BCUT2D eigenvalue weighted by Crippen LogP contribution is -2.17. The van der Waals surface area contributed by atoms with E-state index in [0.29, 0.717) is 18.2 Å². The van der Waals surface area contributed by atoms with Crippen LogP contribution >= 0.6 is 0 Å². The second-order valence-electron chi connectivity index (χ2n) is 6.64. The average Bonchev–Trinajstić information content (AvgIpc) is 3.30. The topological polar surface area (TPSA) is 69.9 Å². The largest absolute Gasteiger partial charge is 0.457 e. The molecule has 3 unspecified atom stereocenters. The highest BCUT2D eigenvalue weighted by Crippen LogP contribution is 2.49. The van der Waals surface area contributed by atoms with Gasteiger partial charge < -0.3 is 4.74 Å². The number of carbonyl (C=O) groups excluding carboxylic acids is 1. The Morgan fingerprint density at radius 1 is 1.22 bits per heavy atom. The van der Waals surface area contributed by atoms with E-state index in [1.807, 2.05) is 30.3 Å². The monoisotopic (exact) mass is 312 g/mol. The van der Waals surface area contributed by atoms with E-state index in [-0.39, 0.29) is 12.6 Å². The lowest BCUT2D eigenvalue weighted by atomic mass is 9.86. The first-order chi connectivity index (χ1) is 11.3. The first-order valence-corrected chi connectivity index (χ1v) is 8.28. The Hall–Kier alpha value is -2.24. The molecule has 23 heavy (non-hydrogen) atoms. The second kappa shape index (κ2) is 6.10. The van der Waals surface area contributed by atoms with Gasteiger partial charge in [-0.2, -0.15) is 4.68 Å². The Morgan fingerprint density at radius 2 is 2.09 bits per heavy atom. The summed E-state index contributed by atoms with van der Waals surface area (Å²) in [6, 6.07) is 9.60. The van der Waals surface area contributed by atoms with Crippen molar-refractivity contribution in [3.63, 3.8) is 0 Å². The van der Waals surface area contributed by atoms with Crippen molar-refractivity contribution < 1.29 is 9.53 Å². The minimum absolute atomic E-state index is 0.113. The number of hydrogen-bond acceptors (Lipinski definition) is 5. The maximum Gasteiger partial charge on any atom is 0.306 e. The summed E-state index contributed by atoms with van der Waals surface area (Å²) in [7, 11) is 0. The fourth-order valence-corrected chi connectivity index (χ4v) is 4.11. The molecule has 2 aromatic rings. The van der Waals surface area contributed by atoms with E-state index in [4.69, 9.17) is 4.74 Å². The second-order valence-corrected chi connectivity index (χ2v) is 6.64. The number of aromatic nitrogens is 4. The van der Waals surface area contributed by atoms with Crippen molar-refractivity contribution in [2.75, 3.05) is 0 Å². The number of para-hydroxylation sites is 1. The van der Waals surface area contributed by atoms with Crippen LogP contribution in [0.5, 0.6) is 0 Å². The Balaban J connectivity index is 1.35. The molecule has 2 fully saturated rings. The summed E-state index contributed by atoms with van der Waals surface area (Å²) in [4.78, 5) is 12.1. The van der Waals surface area contributed by atoms with Gasteiger partial charge in [0.25, 0.3) is 0 Å². The van der Waals surface area contributed by atoms with Gasteiger partial charge in [-0.1, -0.05) is 24.6 Å². The van der Waals surface area contributed by atoms with Crippen LogP contribution in [0.2, 0.25) is 0 Å². The predicted octanol–water partition coefficient (Wildman–Crippen LogP) is 2.53. The van der Waals surface area contributed by atoms with Crippen molar-refractivity contribution in [2.45, 2.75) is 38.7 Å². The summed E-state index contributed by atoms with van der Waals surface area (Å²) in [5.74, 6) is 2.51. The maximum atomic E-state index is 12.1. The van der Waals surface area contributed by atoms with E-state index in [9.17, 15) is 4.79 Å². The quantitative estimate of drug-likeness (QED) is 0.794. The molecular weight excluding hydrogens is 292 g/mol. The molecule has 0 spiro atoms. The Labute approximate surface area is 134 Å². The normalized spacial score (nSPS) is 25.7. The molecule has 6 heteroatoms. The number of carbonyl (C=O) groups is 1. The lowest BCUT2D eigenvalue weighted by Gasteiger charge is -2.20. The van der Waals surface area contributed by atoms with Crippen LogP contribution in [0.15, 0.2) is 30.3 Å². The fraction of sp³-hybridized carbons (Fsp3) is 0.529. The van der Waals surface area contributed by atoms with E-state index in [0.717, 1.165) is 17.5 Å². The number of tetrazole rings is 1. The number of rotatable bonds is 5. The van der Waals surface area contributed by atoms with Gasteiger partial charge in [-0.3, -0.25) is 4.79 Å². The summed E-state index contributed by atoms with van der Waals surface area (Å²) in [5, 5.41) is 11.6. The van der Waals surface area contributed by atoms with Gasteiger partial charge in [0.05, 0.1) is 5.69 Å². The molecule has 1 heterocycles. The summed E-state index contributed by atoms with van der Waals surface area (Å²) in [5.41, 5.74) is 0.858. The summed E-state index contributed by atoms with van der Waals surface area (Å²) >= 11 is 0. The van der Waals surface area contributed by atoms with Gasteiger partial charge in [-0.15, -0.1) is 5.10 Å². The minimum Gasteiger partial charge on any atom is -0.457 e. The average molecular weight is 312 g/mol. The minimum atomic E-state index is -0.134. The number of fused-ring (bicyclic) bond motifs is 2. The zero-order valence-electron chi connectivity index (χ0n) is 13.0. The van der Waals surface area contributed by atoms with Gasteiger partial charge >= 0.3 is 5.97 Å². The number of ether oxygens (including phenoxy) is 1. The van der Waals surface area contributed by atoms with Crippen molar-refractivity contribution in [1.82, 2.24) is 20.2 Å². The molecule has 1 aromatic carbocycles. The molecule has 2 aliphatic rings. The van der Waals surface area contributed by atoms with Crippen LogP contribution in [-0.2, 0) is 16.1 Å². The zero-order chi connectivity index (χ0) is 15.6. The van der Waals surface area contributed by atoms with Crippen LogP contribution in [0.1, 0.15) is 37.9 Å². The fourth-order valence-electron chi connectivity index (χ4n) is 4.11. The van der Waals surface area contributed by atoms with E-state index in [1.165, 1.54) is 25.7 Å². The Morgan fingerprint density at radius 3 is 2.83 bits per heavy atom. The van der Waals surface area contributed by atoms with Crippen molar-refractivity contribution in [3.8, 4) is 5.69 Å². The zero-order valence-corrected chi connectivity index (χ0v) is 13.0. The molecule has 0 N–H and O–H groups in total. The van der Waals surface area contributed by atoms with Crippen LogP contribution in [0.3, 0.4) is 0 Å². The molecule has 2 bridgehead atoms. The van der Waals surface area contributed by atoms with E-state index in [1.54, 1.807) is 4.68 Å². The number of nitrogens with zero attached hydrogens (tertiary/aromatic N) is 4. The van der Waals surface area contributed by atoms with Crippen LogP contribution in [0.25, 0.3) is 5.69 Å². The van der Waals surface area contributed by atoms with Gasteiger partial charge in [0, 0.05) is 6.42 Å². The first-order valence-electron chi connectivity index (χ1n) is 8.28. The molecule has 0 radical (unpaired) electrons. The van der Waals surface area contributed by atoms with Crippen molar-refractivity contribution in [3.05, 3.63) is 36.2 Å². The lowest BCUT2D eigenvalue weighted by molar-refractivity contribution is -0.146. The highest BCUT2D eigenvalue weighted by Gasteiger charge is 2.40. The summed E-state index contributed by atoms with van der Waals surface area (Å²) in [6.07, 6.45) is 5.68. The Bertz CT molecular complexity index is 685. The van der Waals surface area contributed by atoms with Crippen molar-refractivity contribution in [2.24, 2.45) is 17.8 Å². The van der Waals surface area contributed by atoms with Gasteiger partial charge in [0.15, 0.2) is 12.4 Å². The van der Waals surface area contributed by atoms with Crippen LogP contribution in [0.4, 0.5) is 0 Å². The number of esters is 1. The van der Waals surface area contributed by atoms with Crippen molar-refractivity contribution >= 4 is 5.97 Å². The van der Waals surface area contributed by atoms with E-state index in [2.05, 4.69) is 15.5 Å². The molecule has 3 atom stereocenters. The van der Waals surface area contributed by atoms with Crippen LogP contribution < -0.4 is 0 Å². The SMILES string of the molecule is O=C(CC1CC2CCC1C2)OCc1nnnn1-c1ccccc1. The van der Waals surface area contributed by atoms with Crippen LogP contribution in [-0.4, -0.2) is 26.2 Å². The molecule has 6 nitrogen and oxygen atoms in total. The molecule has 1 aromatic heterocycles. The van der Waals surface area contributed by atoms with Gasteiger partial charge in [-0.05, 0) is 59.6 Å². The molecule has 0 aliphatic heterocycles. The standard InChI is InChI=1S/C17H20N4O2/c22-17(10-14-9-12-6-7-13(14)8-12)23-11-16-18-19-20-21(16)15-4-2-1-3-5-15/h1-5,12-14H,6-11H2. The number of benzene rings is 1. The summed E-state index contributed by atoms with van der Waals surface area (Å²) < 4.78 is 7.02. The number of hydrogen-bond donors (Lipinski definition) is 0. The molecule has 2 saturated carbocycles. The van der Waals surface area contributed by atoms with E-state index >= 15 is 0 Å². The smallest absolute Gasteiger partial charge is 0.306 e. The first kappa shape index (κ1) is 14.4. The third kappa shape index (κ3) is 2.98. The molecule has 0 saturated heterocycles. The van der Waals surface area contributed by atoms with E-state index < -0.39 is 0 Å². The summed E-state index contributed by atoms with van der Waals surface area (Å²) in [6.45, 7) is 0.113. The Kier molecular flexibility index (Phi) is 3.81. The van der Waals surface area contributed by atoms with Gasteiger partial charge in [-0.25, -0.2) is 0 Å². The molecule has 4 rings (SSSR count). The van der Waals surface area contributed by atoms with Gasteiger partial charge in [0.1, 0.15) is 0 Å². The highest BCUT2D eigenvalue weighted by molar-refractivity contribution is 5.69. The molecule has 0 amide bonds. The van der Waals surface area contributed by atoms with Crippen LogP contribution in [0, 0.1) is 17.8 Å². The molecule has 120 valence electrons. The van der Waals surface area contributed by atoms with Gasteiger partial charge in [0.2, 0.25) is 0 Å². The highest BCUT2D eigenvalue weighted by atomic mass is 16.5. The van der Waals surface area contributed by atoms with Crippen molar-refractivity contribution in [1.29, 1.82) is 0 Å². The molecule has 2 aliphatic carbocycles. The molecular formula is C17H20N4O2. The maximum absolute atomic E-state index is 12.1. The third-order valence-electron chi connectivity index (χ3n) is 5.21.